The van der Waals surface area contributed by atoms with E-state index in [1.807, 2.05) is 17.9 Å². The maximum Gasteiger partial charge on any atom is 0.222 e. The lowest BCUT2D eigenvalue weighted by molar-refractivity contribution is -0.132. The number of fused-ring (bicyclic) bond motifs is 1. The minimum Gasteiger partial charge on any atom is -0.388 e. The lowest BCUT2D eigenvalue weighted by atomic mass is 9.94. The maximum absolute atomic E-state index is 12.0. The zero-order valence-corrected chi connectivity index (χ0v) is 12.6. The van der Waals surface area contributed by atoms with Gasteiger partial charge in [-0.05, 0) is 36.0 Å². The number of hydrogen-bond donors (Lipinski definition) is 1. The summed E-state index contributed by atoms with van der Waals surface area (Å²) in [6, 6.07) is 6.23. The molecule has 1 aromatic rings. The molecule has 3 heteroatoms. The second kappa shape index (κ2) is 6.89. The Labute approximate surface area is 121 Å². The van der Waals surface area contributed by atoms with Crippen LogP contribution in [0.1, 0.15) is 62.3 Å². The van der Waals surface area contributed by atoms with Gasteiger partial charge in [-0.3, -0.25) is 4.79 Å². The first kappa shape index (κ1) is 15.0. The van der Waals surface area contributed by atoms with Crippen LogP contribution in [0.3, 0.4) is 0 Å². The molecule has 0 aliphatic carbocycles. The molecule has 3 nitrogen and oxygen atoms in total. The fraction of sp³-hybridized carbons (Fsp3) is 0.588. The molecule has 0 saturated heterocycles. The minimum absolute atomic E-state index is 0.248. The van der Waals surface area contributed by atoms with Crippen LogP contribution in [0.15, 0.2) is 18.2 Å². The number of hydrogen-bond acceptors (Lipinski definition) is 2. The Morgan fingerprint density at radius 3 is 2.80 bits per heavy atom. The molecule has 1 N–H and O–H groups in total. The zero-order chi connectivity index (χ0) is 14.5. The summed E-state index contributed by atoms with van der Waals surface area (Å²) >= 11 is 0. The van der Waals surface area contributed by atoms with Crippen LogP contribution < -0.4 is 0 Å². The van der Waals surface area contributed by atoms with E-state index in [4.69, 9.17) is 0 Å². The quantitative estimate of drug-likeness (QED) is 0.896. The molecule has 1 amide bonds. The first-order valence-electron chi connectivity index (χ1n) is 7.73. The summed E-state index contributed by atoms with van der Waals surface area (Å²) in [5.74, 6) is 0.248. The summed E-state index contributed by atoms with van der Waals surface area (Å²) in [6.45, 7) is 5.63. The third-order valence-corrected chi connectivity index (χ3v) is 4.01. The van der Waals surface area contributed by atoms with Crippen LogP contribution in [0, 0.1) is 0 Å². The number of nitrogens with zero attached hydrogens (tertiary/aromatic N) is 1. The van der Waals surface area contributed by atoms with Gasteiger partial charge < -0.3 is 10.0 Å². The highest BCUT2D eigenvalue weighted by molar-refractivity contribution is 5.76. The van der Waals surface area contributed by atoms with Gasteiger partial charge in [-0.2, -0.15) is 0 Å². The van der Waals surface area contributed by atoms with Crippen molar-refractivity contribution in [3.63, 3.8) is 0 Å². The second-order valence-corrected chi connectivity index (χ2v) is 5.65. The molecule has 2 rings (SSSR count). The predicted octanol–water partition coefficient (Wildman–Crippen LogP) is 3.20. The van der Waals surface area contributed by atoms with Crippen molar-refractivity contribution in [3.05, 3.63) is 34.9 Å². The number of aliphatic hydroxyl groups is 1. The highest BCUT2D eigenvalue weighted by atomic mass is 16.3. The van der Waals surface area contributed by atoms with Gasteiger partial charge in [-0.15, -0.1) is 0 Å². The van der Waals surface area contributed by atoms with E-state index in [9.17, 15) is 9.90 Å². The van der Waals surface area contributed by atoms with Crippen molar-refractivity contribution in [2.75, 3.05) is 6.54 Å². The summed E-state index contributed by atoms with van der Waals surface area (Å²) < 4.78 is 0. The van der Waals surface area contributed by atoms with Gasteiger partial charge in [-0.25, -0.2) is 0 Å². The minimum atomic E-state index is -0.382. The van der Waals surface area contributed by atoms with E-state index < -0.39 is 0 Å². The number of carbonyl (C=O) groups excluding carboxylic acids is 1. The summed E-state index contributed by atoms with van der Waals surface area (Å²) in [4.78, 5) is 14.0. The molecule has 1 aliphatic heterocycles. The molecule has 1 heterocycles. The van der Waals surface area contributed by atoms with Gasteiger partial charge in [-0.1, -0.05) is 38.5 Å². The molecular weight excluding hydrogens is 250 g/mol. The van der Waals surface area contributed by atoms with Crippen molar-refractivity contribution in [1.29, 1.82) is 0 Å². The fourth-order valence-corrected chi connectivity index (χ4v) is 2.81. The van der Waals surface area contributed by atoms with Crippen molar-refractivity contribution in [2.24, 2.45) is 0 Å². The molecule has 1 aromatic carbocycles. The standard InChI is InChI=1S/C17H25NO2/c1-3-5-16(19)14-8-7-13-9-10-18(12-15(13)11-14)17(20)6-4-2/h7-8,11,16,19H,3-6,9-10,12H2,1-2H3. The maximum atomic E-state index is 12.0. The smallest absolute Gasteiger partial charge is 0.222 e. The summed E-state index contributed by atoms with van der Waals surface area (Å²) in [5.41, 5.74) is 3.50. The number of carbonyl (C=O) groups is 1. The van der Waals surface area contributed by atoms with Crippen LogP contribution in [0.2, 0.25) is 0 Å². The van der Waals surface area contributed by atoms with Crippen molar-refractivity contribution >= 4 is 5.91 Å². The number of rotatable bonds is 5. The van der Waals surface area contributed by atoms with Crippen molar-refractivity contribution in [3.8, 4) is 0 Å². The lowest BCUT2D eigenvalue weighted by Crippen LogP contribution is -2.35. The first-order valence-corrected chi connectivity index (χ1v) is 7.73. The zero-order valence-electron chi connectivity index (χ0n) is 12.6. The van der Waals surface area contributed by atoms with Gasteiger partial charge in [0.2, 0.25) is 5.91 Å². The Kier molecular flexibility index (Phi) is 5.18. The van der Waals surface area contributed by atoms with E-state index in [1.165, 1.54) is 11.1 Å². The Bertz CT molecular complexity index is 470. The van der Waals surface area contributed by atoms with Gasteiger partial charge in [0, 0.05) is 19.5 Å². The molecule has 0 fully saturated rings. The van der Waals surface area contributed by atoms with Gasteiger partial charge in [0.1, 0.15) is 0 Å². The number of benzene rings is 1. The van der Waals surface area contributed by atoms with E-state index in [-0.39, 0.29) is 12.0 Å². The number of aliphatic hydroxyl groups excluding tert-OH is 1. The van der Waals surface area contributed by atoms with Crippen LogP contribution in [0.4, 0.5) is 0 Å². The van der Waals surface area contributed by atoms with Crippen molar-refractivity contribution in [1.82, 2.24) is 4.90 Å². The molecule has 1 atom stereocenters. The molecule has 1 unspecified atom stereocenters. The van der Waals surface area contributed by atoms with Crippen LogP contribution in [0.25, 0.3) is 0 Å². The van der Waals surface area contributed by atoms with E-state index in [1.54, 1.807) is 0 Å². The average molecular weight is 275 g/mol. The third-order valence-electron chi connectivity index (χ3n) is 4.01. The second-order valence-electron chi connectivity index (χ2n) is 5.65. The lowest BCUT2D eigenvalue weighted by Gasteiger charge is -2.29. The van der Waals surface area contributed by atoms with Crippen molar-refractivity contribution in [2.45, 2.75) is 58.6 Å². The van der Waals surface area contributed by atoms with Gasteiger partial charge in [0.15, 0.2) is 0 Å². The van der Waals surface area contributed by atoms with Crippen LogP contribution in [-0.2, 0) is 17.8 Å². The molecule has 110 valence electrons. The largest absolute Gasteiger partial charge is 0.388 e. The predicted molar refractivity (Wildman–Crippen MR) is 80.3 cm³/mol. The molecule has 0 saturated carbocycles. The monoisotopic (exact) mass is 275 g/mol. The molecular formula is C17H25NO2. The van der Waals surface area contributed by atoms with Gasteiger partial charge in [0.25, 0.3) is 0 Å². The van der Waals surface area contributed by atoms with Gasteiger partial charge in [0.05, 0.1) is 6.10 Å². The first-order chi connectivity index (χ1) is 9.65. The summed E-state index contributed by atoms with van der Waals surface area (Å²) in [5, 5.41) is 10.1. The van der Waals surface area contributed by atoms with E-state index in [0.29, 0.717) is 13.0 Å². The van der Waals surface area contributed by atoms with E-state index in [0.717, 1.165) is 37.8 Å². The molecule has 0 bridgehead atoms. The number of amides is 1. The van der Waals surface area contributed by atoms with Crippen LogP contribution in [-0.4, -0.2) is 22.5 Å². The Morgan fingerprint density at radius 2 is 2.10 bits per heavy atom. The SMILES string of the molecule is CCCC(=O)N1CCc2ccc(C(O)CCC)cc2C1. The third kappa shape index (κ3) is 3.40. The van der Waals surface area contributed by atoms with Crippen molar-refractivity contribution < 1.29 is 9.90 Å². The average Bonchev–Trinajstić information content (AvgIpc) is 2.46. The molecule has 20 heavy (non-hydrogen) atoms. The van der Waals surface area contributed by atoms with E-state index >= 15 is 0 Å². The highest BCUT2D eigenvalue weighted by Gasteiger charge is 2.21. The van der Waals surface area contributed by atoms with Gasteiger partial charge >= 0.3 is 0 Å². The molecule has 0 spiro atoms. The Morgan fingerprint density at radius 1 is 1.30 bits per heavy atom. The normalized spacial score (nSPS) is 15.8. The molecule has 0 aromatic heterocycles. The Balaban J connectivity index is 2.13. The van der Waals surface area contributed by atoms with E-state index in [2.05, 4.69) is 19.1 Å². The molecule has 1 aliphatic rings. The van der Waals surface area contributed by atoms with Crippen LogP contribution in [0.5, 0.6) is 0 Å². The summed E-state index contributed by atoms with van der Waals surface area (Å²) in [6.07, 6.45) is 3.84. The molecule has 0 radical (unpaired) electrons. The summed E-state index contributed by atoms with van der Waals surface area (Å²) in [7, 11) is 0. The van der Waals surface area contributed by atoms with Crippen LogP contribution >= 0.6 is 0 Å². The Hall–Kier alpha value is -1.35. The fourth-order valence-electron chi connectivity index (χ4n) is 2.81. The highest BCUT2D eigenvalue weighted by Crippen LogP contribution is 2.25. The topological polar surface area (TPSA) is 40.5 Å².